The highest BCUT2D eigenvalue weighted by atomic mass is 16.3. The second-order valence-corrected chi connectivity index (χ2v) is 11.8. The van der Waals surface area contributed by atoms with Crippen molar-refractivity contribution in [3.63, 3.8) is 0 Å². The van der Waals surface area contributed by atoms with Crippen LogP contribution in [0.25, 0.3) is 0 Å². The van der Waals surface area contributed by atoms with Gasteiger partial charge in [-0.25, -0.2) is 0 Å². The Labute approximate surface area is 291 Å². The summed E-state index contributed by atoms with van der Waals surface area (Å²) in [6, 6.07) is 0.215. The molecular weight excluding hydrogens is 598 g/mol. The van der Waals surface area contributed by atoms with E-state index in [-0.39, 0.29) is 23.8 Å². The standard InChI is InChI=1S/C40H63N5O3/c1-11-20-35(40(48)41-28-18-17-23-36(13-3)43-37(21-12-2)24-19-29-44(8)9)27-26-33(6)42-34(7)30-38(45(10)14-4)25-16-15-22-32(5)39(47)31-46/h13,16-17,20-24,26-27,29,33-34,42-43,46H,11-12,14-15,18,28,30-31H2,1-10H3,(H,41,48)/b23-17-,27-26-,32-22+,35-20+,36-13+,37-21+. The van der Waals surface area contributed by atoms with Gasteiger partial charge in [0.1, 0.15) is 6.61 Å². The number of ketones is 1. The number of aliphatic hydroxyl groups is 1. The summed E-state index contributed by atoms with van der Waals surface area (Å²) in [5, 5.41) is 19.1. The second-order valence-electron chi connectivity index (χ2n) is 11.8. The molecule has 2 unspecified atom stereocenters. The SMILES string of the molecule is C/C=C(\C=C/CCNC(=O)C(/C=C\C(C)NC(C)CC(=C=CC/C=C(\C)C(=O)CO)N(C)CC)=C/CC)N/C(C=C=CN(C)C)=C/CC. The van der Waals surface area contributed by atoms with Gasteiger partial charge in [0.05, 0.1) is 5.70 Å². The molecule has 0 saturated heterocycles. The highest BCUT2D eigenvalue weighted by Gasteiger charge is 2.11. The minimum Gasteiger partial charge on any atom is -0.388 e. The summed E-state index contributed by atoms with van der Waals surface area (Å²) in [7, 11) is 5.97. The predicted octanol–water partition coefficient (Wildman–Crippen LogP) is 6.60. The molecule has 0 aliphatic heterocycles. The van der Waals surface area contributed by atoms with Gasteiger partial charge in [-0.1, -0.05) is 56.4 Å². The first-order chi connectivity index (χ1) is 22.9. The van der Waals surface area contributed by atoms with E-state index in [1.807, 2.05) is 94.7 Å². The lowest BCUT2D eigenvalue weighted by Crippen LogP contribution is -2.35. The van der Waals surface area contributed by atoms with E-state index in [1.54, 1.807) is 6.92 Å². The van der Waals surface area contributed by atoms with E-state index >= 15 is 0 Å². The molecule has 0 fully saturated rings. The fourth-order valence-electron chi connectivity index (χ4n) is 4.32. The molecule has 0 bridgehead atoms. The average Bonchev–Trinajstić information content (AvgIpc) is 3.05. The van der Waals surface area contributed by atoms with Gasteiger partial charge in [-0.3, -0.25) is 9.59 Å². The van der Waals surface area contributed by atoms with Crippen LogP contribution in [0.5, 0.6) is 0 Å². The second kappa shape index (κ2) is 26.9. The van der Waals surface area contributed by atoms with Crippen LogP contribution in [0.1, 0.15) is 80.6 Å². The van der Waals surface area contributed by atoms with Crippen LogP contribution in [0.4, 0.5) is 0 Å². The van der Waals surface area contributed by atoms with Gasteiger partial charge >= 0.3 is 0 Å². The van der Waals surface area contributed by atoms with E-state index in [2.05, 4.69) is 72.2 Å². The molecular formula is C40H63N5O3. The Balaban J connectivity index is 5.18. The van der Waals surface area contributed by atoms with E-state index in [1.165, 1.54) is 0 Å². The first kappa shape index (κ1) is 43.9. The van der Waals surface area contributed by atoms with Crippen molar-refractivity contribution in [2.24, 2.45) is 0 Å². The normalized spacial score (nSPS) is 13.8. The van der Waals surface area contributed by atoms with Gasteiger partial charge in [-0.2, -0.15) is 0 Å². The molecule has 1 amide bonds. The molecule has 8 nitrogen and oxygen atoms in total. The van der Waals surface area contributed by atoms with Gasteiger partial charge in [-0.05, 0) is 78.0 Å². The topological polar surface area (TPSA) is 96.9 Å². The zero-order chi connectivity index (χ0) is 36.3. The van der Waals surface area contributed by atoms with Crippen molar-refractivity contribution in [3.05, 3.63) is 107 Å². The summed E-state index contributed by atoms with van der Waals surface area (Å²) in [5.41, 5.74) is 10.8. The fourth-order valence-corrected chi connectivity index (χ4v) is 4.32. The van der Waals surface area contributed by atoms with Crippen LogP contribution in [0.3, 0.4) is 0 Å². The number of carbonyl (C=O) groups is 2. The molecule has 8 heteroatoms. The molecule has 2 atom stereocenters. The molecule has 0 heterocycles. The number of aliphatic hydroxyl groups excluding tert-OH is 1. The zero-order valence-corrected chi connectivity index (χ0v) is 31.3. The maximum Gasteiger partial charge on any atom is 0.250 e. The summed E-state index contributed by atoms with van der Waals surface area (Å²) in [4.78, 5) is 28.7. The third-order valence-corrected chi connectivity index (χ3v) is 7.12. The highest BCUT2D eigenvalue weighted by Crippen LogP contribution is 2.11. The summed E-state index contributed by atoms with van der Waals surface area (Å²) >= 11 is 0. The van der Waals surface area contributed by atoms with Crippen LogP contribution >= 0.6 is 0 Å². The molecule has 0 aromatic carbocycles. The summed E-state index contributed by atoms with van der Waals surface area (Å²) < 4.78 is 0. The summed E-state index contributed by atoms with van der Waals surface area (Å²) in [6.07, 6.45) is 25.4. The lowest BCUT2D eigenvalue weighted by atomic mass is 10.1. The van der Waals surface area contributed by atoms with Crippen molar-refractivity contribution < 1.29 is 14.7 Å². The van der Waals surface area contributed by atoms with Crippen molar-refractivity contribution in [2.45, 2.75) is 92.7 Å². The molecule has 0 aliphatic rings. The number of hydrogen-bond donors (Lipinski definition) is 4. The number of rotatable bonds is 23. The molecule has 48 heavy (non-hydrogen) atoms. The average molecular weight is 662 g/mol. The maximum absolute atomic E-state index is 13.0. The van der Waals surface area contributed by atoms with Crippen molar-refractivity contribution in [3.8, 4) is 0 Å². The number of carbonyl (C=O) groups excluding carboxylic acids is 2. The van der Waals surface area contributed by atoms with Crippen molar-refractivity contribution in [1.29, 1.82) is 0 Å². The Bertz CT molecular complexity index is 1300. The number of nitrogens with one attached hydrogen (secondary N) is 3. The number of amides is 1. The largest absolute Gasteiger partial charge is 0.388 e. The van der Waals surface area contributed by atoms with Crippen LogP contribution in [0.2, 0.25) is 0 Å². The van der Waals surface area contributed by atoms with E-state index in [0.717, 1.165) is 42.9 Å². The third kappa shape index (κ3) is 20.9. The van der Waals surface area contributed by atoms with Crippen molar-refractivity contribution in [2.75, 3.05) is 40.8 Å². The molecule has 4 N–H and O–H groups in total. The first-order valence-electron chi connectivity index (χ1n) is 17.2. The van der Waals surface area contributed by atoms with Crippen LogP contribution in [0, 0.1) is 0 Å². The smallest absolute Gasteiger partial charge is 0.250 e. The lowest BCUT2D eigenvalue weighted by molar-refractivity contribution is -0.118. The first-order valence-corrected chi connectivity index (χ1v) is 17.2. The predicted molar refractivity (Wildman–Crippen MR) is 203 cm³/mol. The van der Waals surface area contributed by atoms with Gasteiger partial charge in [0, 0.05) is 82.0 Å². The summed E-state index contributed by atoms with van der Waals surface area (Å²) in [6.45, 7) is 15.1. The van der Waals surface area contributed by atoms with Gasteiger partial charge in [0.15, 0.2) is 5.78 Å². The fraction of sp³-hybridized carbons (Fsp3) is 0.500. The number of Topliss-reactive ketones (excluding diaryl/α,β-unsaturated/α-hetero) is 1. The summed E-state index contributed by atoms with van der Waals surface area (Å²) in [5.74, 6) is -0.342. The van der Waals surface area contributed by atoms with Gasteiger partial charge in [0.25, 0.3) is 5.91 Å². The minimum atomic E-state index is -0.469. The monoisotopic (exact) mass is 661 g/mol. The third-order valence-electron chi connectivity index (χ3n) is 7.12. The van der Waals surface area contributed by atoms with Crippen LogP contribution in [-0.2, 0) is 9.59 Å². The maximum atomic E-state index is 13.0. The molecule has 266 valence electrons. The molecule has 0 rings (SSSR count). The molecule has 0 aliphatic carbocycles. The van der Waals surface area contributed by atoms with E-state index in [0.29, 0.717) is 30.5 Å². The van der Waals surface area contributed by atoms with Crippen molar-refractivity contribution >= 4 is 11.7 Å². The molecule has 0 saturated carbocycles. The van der Waals surface area contributed by atoms with Crippen LogP contribution < -0.4 is 16.0 Å². The van der Waals surface area contributed by atoms with Gasteiger partial charge < -0.3 is 30.9 Å². The highest BCUT2D eigenvalue weighted by molar-refractivity contribution is 5.96. The Hall–Kier alpha value is -4.06. The van der Waals surface area contributed by atoms with Crippen LogP contribution in [0.15, 0.2) is 107 Å². The number of hydrogen-bond acceptors (Lipinski definition) is 7. The molecule has 0 radical (unpaired) electrons. The van der Waals surface area contributed by atoms with E-state index in [9.17, 15) is 9.59 Å². The Kier molecular flexibility index (Phi) is 24.7. The molecule has 0 spiro atoms. The Morgan fingerprint density at radius 3 is 2.29 bits per heavy atom. The zero-order valence-electron chi connectivity index (χ0n) is 31.3. The molecule has 0 aromatic rings. The van der Waals surface area contributed by atoms with Gasteiger partial charge in [-0.15, -0.1) is 11.5 Å². The quantitative estimate of drug-likeness (QED) is 0.0424. The Morgan fingerprint density at radius 1 is 0.979 bits per heavy atom. The van der Waals surface area contributed by atoms with Gasteiger partial charge in [0.2, 0.25) is 0 Å². The lowest BCUT2D eigenvalue weighted by Gasteiger charge is -2.24. The minimum absolute atomic E-state index is 0.0508. The van der Waals surface area contributed by atoms with Crippen molar-refractivity contribution in [1.82, 2.24) is 25.8 Å². The molecule has 0 aromatic heterocycles. The van der Waals surface area contributed by atoms with E-state index < -0.39 is 6.61 Å². The van der Waals surface area contributed by atoms with Crippen LogP contribution in [-0.4, -0.2) is 79.5 Å². The van der Waals surface area contributed by atoms with E-state index in [4.69, 9.17) is 5.11 Å². The number of allylic oxidation sites excluding steroid dienone is 6. The number of nitrogens with zero attached hydrogens (tertiary/aromatic N) is 2. The Morgan fingerprint density at radius 2 is 1.69 bits per heavy atom.